The zero-order valence-corrected chi connectivity index (χ0v) is 18.8. The first kappa shape index (κ1) is 20.6. The largest absolute Gasteiger partial charge is 0.369 e. The van der Waals surface area contributed by atoms with Crippen LogP contribution in [0.1, 0.15) is 22.5 Å². The molecule has 0 radical (unpaired) electrons. The molecule has 0 aliphatic carbocycles. The molecule has 7 heteroatoms. The third-order valence-corrected chi connectivity index (χ3v) is 5.75. The van der Waals surface area contributed by atoms with Crippen LogP contribution in [0.2, 0.25) is 0 Å². The average molecular weight is 437 g/mol. The van der Waals surface area contributed by atoms with Crippen LogP contribution in [-0.2, 0) is 6.54 Å². The predicted molar refractivity (Wildman–Crippen MR) is 130 cm³/mol. The molecule has 0 unspecified atom stereocenters. The number of pyridine rings is 1. The molecule has 164 valence electrons. The fourth-order valence-electron chi connectivity index (χ4n) is 4.20. The number of rotatable bonds is 4. The van der Waals surface area contributed by atoms with Crippen LogP contribution in [0.5, 0.6) is 0 Å². The molecule has 7 nitrogen and oxygen atoms in total. The van der Waals surface area contributed by atoms with E-state index < -0.39 is 0 Å². The third kappa shape index (κ3) is 3.67. The molecule has 3 aromatic heterocycles. The Labute approximate surface area is 191 Å². The first-order chi connectivity index (χ1) is 15.9. The van der Waals surface area contributed by atoms with Crippen molar-refractivity contribution in [2.24, 2.45) is 0 Å². The number of nitrogens with zero attached hydrogens (tertiary/aromatic N) is 5. The monoisotopic (exact) mass is 436 g/mol. The van der Waals surface area contributed by atoms with Gasteiger partial charge in [-0.05, 0) is 49.6 Å². The normalized spacial score (nSPS) is 11.2. The Balaban J connectivity index is 1.83. The van der Waals surface area contributed by atoms with Crippen molar-refractivity contribution in [3.05, 3.63) is 99.7 Å². The van der Waals surface area contributed by atoms with Crippen LogP contribution in [0.3, 0.4) is 0 Å². The van der Waals surface area contributed by atoms with Gasteiger partial charge in [-0.2, -0.15) is 0 Å². The van der Waals surface area contributed by atoms with Crippen LogP contribution >= 0.6 is 0 Å². The van der Waals surface area contributed by atoms with Crippen LogP contribution in [0, 0.1) is 20.8 Å². The number of fused-ring (bicyclic) bond motifs is 1. The van der Waals surface area contributed by atoms with Crippen LogP contribution in [0.15, 0.2) is 71.5 Å². The number of aromatic nitrogens is 5. The van der Waals surface area contributed by atoms with Crippen molar-refractivity contribution >= 4 is 11.6 Å². The quantitative estimate of drug-likeness (QED) is 0.456. The summed E-state index contributed by atoms with van der Waals surface area (Å²) in [6.07, 6.45) is 0. The van der Waals surface area contributed by atoms with Crippen LogP contribution in [0.25, 0.3) is 28.0 Å². The minimum Gasteiger partial charge on any atom is -0.369 e. The smallest absolute Gasteiger partial charge is 0.353 e. The molecule has 5 rings (SSSR count). The molecule has 2 N–H and O–H groups in total. The molecule has 0 spiro atoms. The first-order valence-corrected chi connectivity index (χ1v) is 10.8. The second kappa shape index (κ2) is 8.02. The molecule has 5 aromatic rings. The van der Waals surface area contributed by atoms with Crippen molar-refractivity contribution < 1.29 is 0 Å². The Bertz CT molecular complexity index is 1530. The Morgan fingerprint density at radius 1 is 0.848 bits per heavy atom. The van der Waals surface area contributed by atoms with Crippen LogP contribution in [-0.4, -0.2) is 24.1 Å². The number of hydrogen-bond acceptors (Lipinski definition) is 5. The maximum absolute atomic E-state index is 13.4. The first-order valence-electron chi connectivity index (χ1n) is 10.8. The van der Waals surface area contributed by atoms with Gasteiger partial charge in [0.15, 0.2) is 5.65 Å². The van der Waals surface area contributed by atoms with E-state index in [2.05, 4.69) is 9.97 Å². The van der Waals surface area contributed by atoms with Gasteiger partial charge in [0, 0.05) is 17.0 Å². The zero-order valence-electron chi connectivity index (χ0n) is 18.8. The van der Waals surface area contributed by atoms with E-state index in [9.17, 15) is 4.79 Å². The van der Waals surface area contributed by atoms with E-state index in [1.54, 1.807) is 0 Å². The van der Waals surface area contributed by atoms with Crippen molar-refractivity contribution in [1.82, 2.24) is 24.1 Å². The summed E-state index contributed by atoms with van der Waals surface area (Å²) in [5.74, 6) is 0.108. The van der Waals surface area contributed by atoms with Crippen LogP contribution in [0.4, 0.5) is 5.95 Å². The lowest BCUT2D eigenvalue weighted by Gasteiger charge is -2.13. The van der Waals surface area contributed by atoms with Crippen molar-refractivity contribution in [3.63, 3.8) is 0 Å². The number of benzene rings is 2. The molecule has 0 fully saturated rings. The van der Waals surface area contributed by atoms with Gasteiger partial charge in [-0.3, -0.25) is 4.98 Å². The topological polar surface area (TPSA) is 91.1 Å². The van der Waals surface area contributed by atoms with E-state index in [-0.39, 0.29) is 11.6 Å². The van der Waals surface area contributed by atoms with Gasteiger partial charge in [0.1, 0.15) is 0 Å². The third-order valence-electron chi connectivity index (χ3n) is 5.75. The molecule has 0 aliphatic rings. The van der Waals surface area contributed by atoms with Gasteiger partial charge in [-0.25, -0.2) is 18.9 Å². The highest BCUT2D eigenvalue weighted by molar-refractivity contribution is 5.90. The van der Waals surface area contributed by atoms with Crippen molar-refractivity contribution in [2.45, 2.75) is 27.3 Å². The summed E-state index contributed by atoms with van der Waals surface area (Å²) in [4.78, 5) is 22.5. The second-order valence-electron chi connectivity index (χ2n) is 8.22. The van der Waals surface area contributed by atoms with Gasteiger partial charge >= 0.3 is 5.69 Å². The Hall–Kier alpha value is -4.26. The predicted octanol–water partition coefficient (Wildman–Crippen LogP) is 4.18. The molecule has 2 aromatic carbocycles. The lowest BCUT2D eigenvalue weighted by Crippen LogP contribution is -2.24. The number of nitrogens with two attached hydrogens (primary N) is 1. The number of aryl methyl sites for hydroxylation is 3. The van der Waals surface area contributed by atoms with Gasteiger partial charge < -0.3 is 5.73 Å². The maximum Gasteiger partial charge on any atom is 0.353 e. The minimum absolute atomic E-state index is 0.108. The average Bonchev–Trinajstić information content (AvgIpc) is 3.11. The lowest BCUT2D eigenvalue weighted by molar-refractivity contribution is 0.656. The van der Waals surface area contributed by atoms with Gasteiger partial charge in [-0.15, -0.1) is 5.10 Å². The second-order valence-corrected chi connectivity index (χ2v) is 8.22. The highest BCUT2D eigenvalue weighted by atomic mass is 16.2. The molecule has 0 aliphatic heterocycles. The molecule has 0 atom stereocenters. The molecular formula is C26H24N6O. The van der Waals surface area contributed by atoms with Gasteiger partial charge in [-0.1, -0.05) is 54.6 Å². The summed E-state index contributed by atoms with van der Waals surface area (Å²) in [5, 5.41) is 4.76. The Morgan fingerprint density at radius 2 is 1.52 bits per heavy atom. The van der Waals surface area contributed by atoms with E-state index in [0.717, 1.165) is 39.2 Å². The van der Waals surface area contributed by atoms with E-state index >= 15 is 0 Å². The maximum atomic E-state index is 13.4. The molecule has 0 bridgehead atoms. The highest BCUT2D eigenvalue weighted by Gasteiger charge is 2.22. The standard InChI is InChI=1S/C26H24N6O/c1-16-9-7-8-12-20(16)15-31-26(33)32-24(30-31)22(21-13-17(2)28-18(3)14-21)23(29-25(32)27)19-10-5-4-6-11-19/h4-14H,15H2,1-3H3,(H2,27,29). The lowest BCUT2D eigenvalue weighted by atomic mass is 9.99. The zero-order chi connectivity index (χ0) is 23.1. The van der Waals surface area contributed by atoms with Crippen molar-refractivity contribution in [2.75, 3.05) is 5.73 Å². The molecular weight excluding hydrogens is 412 g/mol. The molecule has 3 heterocycles. The molecule has 33 heavy (non-hydrogen) atoms. The molecule has 0 saturated carbocycles. The van der Waals surface area contributed by atoms with Gasteiger partial charge in [0.2, 0.25) is 5.95 Å². The fourth-order valence-corrected chi connectivity index (χ4v) is 4.20. The van der Waals surface area contributed by atoms with E-state index in [4.69, 9.17) is 10.8 Å². The Kier molecular flexibility index (Phi) is 5.01. The summed E-state index contributed by atoms with van der Waals surface area (Å²) >= 11 is 0. The van der Waals surface area contributed by atoms with Crippen molar-refractivity contribution in [3.8, 4) is 22.4 Å². The van der Waals surface area contributed by atoms with E-state index in [1.165, 1.54) is 9.08 Å². The number of anilines is 1. The van der Waals surface area contributed by atoms with Crippen LogP contribution < -0.4 is 11.4 Å². The summed E-state index contributed by atoms with van der Waals surface area (Å²) < 4.78 is 2.85. The van der Waals surface area contributed by atoms with Crippen molar-refractivity contribution in [1.29, 1.82) is 0 Å². The highest BCUT2D eigenvalue weighted by Crippen LogP contribution is 2.34. The summed E-state index contributed by atoms with van der Waals surface area (Å²) in [6.45, 7) is 6.27. The summed E-state index contributed by atoms with van der Waals surface area (Å²) in [5.41, 5.74) is 13.6. The summed E-state index contributed by atoms with van der Waals surface area (Å²) in [6, 6.07) is 21.7. The Morgan fingerprint density at radius 3 is 2.21 bits per heavy atom. The fraction of sp³-hybridized carbons (Fsp3) is 0.154. The molecule has 0 amide bonds. The molecule has 0 saturated heterocycles. The SMILES string of the molecule is Cc1cc(-c2c(-c3ccccc3)nc(N)n3c(=O)n(Cc4ccccc4C)nc23)cc(C)n1. The number of nitrogen functional groups attached to an aromatic ring is 1. The van der Waals surface area contributed by atoms with E-state index in [1.807, 2.05) is 87.5 Å². The van der Waals surface area contributed by atoms with E-state index in [0.29, 0.717) is 17.9 Å². The summed E-state index contributed by atoms with van der Waals surface area (Å²) in [7, 11) is 0. The minimum atomic E-state index is -0.318. The van der Waals surface area contributed by atoms with Gasteiger partial charge in [0.05, 0.1) is 17.8 Å². The van der Waals surface area contributed by atoms with Gasteiger partial charge in [0.25, 0.3) is 0 Å². The number of hydrogen-bond donors (Lipinski definition) is 1.